The van der Waals surface area contributed by atoms with Crippen LogP contribution in [0, 0.1) is 12.8 Å². The van der Waals surface area contributed by atoms with Crippen molar-refractivity contribution in [3.05, 3.63) is 23.5 Å². The largest absolute Gasteiger partial charge is 0.481 e. The molecule has 0 aliphatic carbocycles. The number of carbonyl (C=O) groups is 2. The van der Waals surface area contributed by atoms with E-state index in [0.29, 0.717) is 5.56 Å². The quantitative estimate of drug-likeness (QED) is 0.749. The molecule has 0 saturated heterocycles. The molecule has 18 heavy (non-hydrogen) atoms. The topological polar surface area (TPSA) is 82.2 Å². The first-order valence-electron chi connectivity index (χ1n) is 5.94. The SMILES string of the molecule is Cc1c[nH]cc1C(=O)NC(C)(CC(=O)O)C(C)C. The molecule has 5 heteroatoms. The van der Waals surface area contributed by atoms with Crippen LogP contribution in [-0.4, -0.2) is 27.5 Å². The lowest BCUT2D eigenvalue weighted by atomic mass is 9.85. The first-order chi connectivity index (χ1) is 8.26. The standard InChI is InChI=1S/C13H20N2O3/c1-8(2)13(4,5-11(16)17)15-12(18)10-7-14-6-9(10)3/h6-8,14H,5H2,1-4H3,(H,15,18)(H,16,17). The van der Waals surface area contributed by atoms with Crippen molar-refractivity contribution in [2.45, 2.75) is 39.7 Å². The normalized spacial score (nSPS) is 14.3. The number of aromatic nitrogens is 1. The summed E-state index contributed by atoms with van der Waals surface area (Å²) in [5, 5.41) is 11.8. The summed E-state index contributed by atoms with van der Waals surface area (Å²) >= 11 is 0. The lowest BCUT2D eigenvalue weighted by Crippen LogP contribution is -2.51. The average molecular weight is 252 g/mol. The number of carboxylic acid groups (broad SMARTS) is 1. The molecule has 0 radical (unpaired) electrons. The number of aliphatic carboxylic acids is 1. The van der Waals surface area contributed by atoms with Crippen molar-refractivity contribution in [2.75, 3.05) is 0 Å². The third-order valence-electron chi connectivity index (χ3n) is 3.39. The van der Waals surface area contributed by atoms with Gasteiger partial charge in [0.05, 0.1) is 17.5 Å². The van der Waals surface area contributed by atoms with Gasteiger partial charge in [0.2, 0.25) is 0 Å². The zero-order valence-corrected chi connectivity index (χ0v) is 11.2. The van der Waals surface area contributed by atoms with Gasteiger partial charge in [0.15, 0.2) is 0 Å². The fraction of sp³-hybridized carbons (Fsp3) is 0.538. The summed E-state index contributed by atoms with van der Waals surface area (Å²) < 4.78 is 0. The molecule has 1 atom stereocenters. The molecule has 1 unspecified atom stereocenters. The maximum atomic E-state index is 12.1. The molecule has 5 nitrogen and oxygen atoms in total. The van der Waals surface area contributed by atoms with Gasteiger partial charge in [-0.05, 0) is 25.3 Å². The molecule has 0 aromatic carbocycles. The van der Waals surface area contributed by atoms with Crippen LogP contribution in [0.5, 0.6) is 0 Å². The van der Waals surface area contributed by atoms with Gasteiger partial charge in [-0.3, -0.25) is 9.59 Å². The molecule has 1 aromatic rings. The van der Waals surface area contributed by atoms with Crippen LogP contribution in [0.1, 0.15) is 43.1 Å². The molecule has 0 spiro atoms. The first kappa shape index (κ1) is 14.3. The molecule has 0 aliphatic heterocycles. The number of hydrogen-bond acceptors (Lipinski definition) is 2. The summed E-state index contributed by atoms with van der Waals surface area (Å²) in [4.78, 5) is 25.9. The minimum Gasteiger partial charge on any atom is -0.481 e. The van der Waals surface area contributed by atoms with E-state index in [1.54, 1.807) is 19.3 Å². The number of carbonyl (C=O) groups excluding carboxylic acids is 1. The maximum absolute atomic E-state index is 12.1. The van der Waals surface area contributed by atoms with E-state index in [1.807, 2.05) is 20.8 Å². The zero-order chi connectivity index (χ0) is 13.9. The summed E-state index contributed by atoms with van der Waals surface area (Å²) in [6.07, 6.45) is 3.25. The van der Waals surface area contributed by atoms with Crippen LogP contribution in [0.15, 0.2) is 12.4 Å². The van der Waals surface area contributed by atoms with Crippen molar-refractivity contribution in [3.8, 4) is 0 Å². The number of aromatic amines is 1. The van der Waals surface area contributed by atoms with Crippen LogP contribution in [-0.2, 0) is 4.79 Å². The second-order valence-electron chi connectivity index (χ2n) is 5.15. The third-order valence-corrected chi connectivity index (χ3v) is 3.39. The lowest BCUT2D eigenvalue weighted by molar-refractivity contribution is -0.138. The monoisotopic (exact) mass is 252 g/mol. The number of rotatable bonds is 5. The summed E-state index contributed by atoms with van der Waals surface area (Å²) in [5.74, 6) is -1.14. The van der Waals surface area contributed by atoms with E-state index in [2.05, 4.69) is 10.3 Å². The van der Waals surface area contributed by atoms with Crippen molar-refractivity contribution in [3.63, 3.8) is 0 Å². The Labute approximate surface area is 107 Å². The number of amides is 1. The van der Waals surface area contributed by atoms with Gasteiger partial charge in [-0.15, -0.1) is 0 Å². The number of carboxylic acids is 1. The average Bonchev–Trinajstić information content (AvgIpc) is 2.62. The number of aryl methyl sites for hydroxylation is 1. The van der Waals surface area contributed by atoms with Gasteiger partial charge in [-0.2, -0.15) is 0 Å². The Kier molecular flexibility index (Phi) is 4.16. The highest BCUT2D eigenvalue weighted by Gasteiger charge is 2.33. The summed E-state index contributed by atoms with van der Waals surface area (Å²) in [6, 6.07) is 0. The third kappa shape index (κ3) is 3.12. The van der Waals surface area contributed by atoms with Crippen LogP contribution in [0.2, 0.25) is 0 Å². The van der Waals surface area contributed by atoms with Crippen LogP contribution in [0.3, 0.4) is 0 Å². The van der Waals surface area contributed by atoms with Crippen LogP contribution in [0.25, 0.3) is 0 Å². The van der Waals surface area contributed by atoms with Crippen molar-refractivity contribution in [1.82, 2.24) is 10.3 Å². The van der Waals surface area contributed by atoms with Gasteiger partial charge in [0, 0.05) is 12.4 Å². The van der Waals surface area contributed by atoms with E-state index in [4.69, 9.17) is 5.11 Å². The van der Waals surface area contributed by atoms with E-state index < -0.39 is 11.5 Å². The fourth-order valence-corrected chi connectivity index (χ4v) is 1.72. The number of H-pyrrole nitrogens is 1. The van der Waals surface area contributed by atoms with Gasteiger partial charge in [0.1, 0.15) is 0 Å². The Balaban J connectivity index is 2.88. The zero-order valence-electron chi connectivity index (χ0n) is 11.2. The van der Waals surface area contributed by atoms with Crippen molar-refractivity contribution < 1.29 is 14.7 Å². The summed E-state index contributed by atoms with van der Waals surface area (Å²) in [6.45, 7) is 7.38. The lowest BCUT2D eigenvalue weighted by Gasteiger charge is -2.33. The van der Waals surface area contributed by atoms with E-state index in [9.17, 15) is 9.59 Å². The molecule has 0 aliphatic rings. The smallest absolute Gasteiger partial charge is 0.305 e. The Morgan fingerprint density at radius 3 is 2.44 bits per heavy atom. The Morgan fingerprint density at radius 1 is 1.44 bits per heavy atom. The van der Waals surface area contributed by atoms with Gasteiger partial charge in [-0.1, -0.05) is 13.8 Å². The van der Waals surface area contributed by atoms with Crippen molar-refractivity contribution >= 4 is 11.9 Å². The second-order valence-corrected chi connectivity index (χ2v) is 5.15. The van der Waals surface area contributed by atoms with Crippen LogP contribution < -0.4 is 5.32 Å². The molecule has 1 amide bonds. The minimum atomic E-state index is -0.919. The van der Waals surface area contributed by atoms with E-state index >= 15 is 0 Å². The number of hydrogen-bond donors (Lipinski definition) is 3. The highest BCUT2D eigenvalue weighted by atomic mass is 16.4. The Morgan fingerprint density at radius 2 is 2.06 bits per heavy atom. The van der Waals surface area contributed by atoms with Gasteiger partial charge >= 0.3 is 5.97 Å². The van der Waals surface area contributed by atoms with Gasteiger partial charge < -0.3 is 15.4 Å². The molecular weight excluding hydrogens is 232 g/mol. The molecular formula is C13H20N2O3. The molecule has 100 valence electrons. The fourth-order valence-electron chi connectivity index (χ4n) is 1.72. The molecule has 0 saturated carbocycles. The first-order valence-corrected chi connectivity index (χ1v) is 5.94. The molecule has 0 bridgehead atoms. The maximum Gasteiger partial charge on any atom is 0.305 e. The predicted molar refractivity (Wildman–Crippen MR) is 68.5 cm³/mol. The molecule has 3 N–H and O–H groups in total. The van der Waals surface area contributed by atoms with E-state index in [1.165, 1.54) is 0 Å². The molecule has 1 heterocycles. The highest BCUT2D eigenvalue weighted by Crippen LogP contribution is 2.22. The van der Waals surface area contributed by atoms with Gasteiger partial charge in [0.25, 0.3) is 5.91 Å². The van der Waals surface area contributed by atoms with E-state index in [-0.39, 0.29) is 18.2 Å². The Hall–Kier alpha value is -1.78. The van der Waals surface area contributed by atoms with Crippen LogP contribution >= 0.6 is 0 Å². The molecule has 1 rings (SSSR count). The molecule has 0 fully saturated rings. The minimum absolute atomic E-state index is 0.0248. The highest BCUT2D eigenvalue weighted by molar-refractivity contribution is 5.96. The van der Waals surface area contributed by atoms with Crippen molar-refractivity contribution in [1.29, 1.82) is 0 Å². The second kappa shape index (κ2) is 5.25. The molecule has 1 aromatic heterocycles. The van der Waals surface area contributed by atoms with E-state index in [0.717, 1.165) is 5.56 Å². The predicted octanol–water partition coefficient (Wildman–Crippen LogP) is 1.94. The summed E-state index contributed by atoms with van der Waals surface area (Å²) in [5.41, 5.74) is 0.633. The van der Waals surface area contributed by atoms with Crippen LogP contribution in [0.4, 0.5) is 0 Å². The Bertz CT molecular complexity index is 451. The van der Waals surface area contributed by atoms with Gasteiger partial charge in [-0.25, -0.2) is 0 Å². The number of nitrogens with one attached hydrogen (secondary N) is 2. The van der Waals surface area contributed by atoms with Crippen molar-refractivity contribution in [2.24, 2.45) is 5.92 Å². The summed E-state index contributed by atoms with van der Waals surface area (Å²) in [7, 11) is 0.